The molecule has 1 N–H and O–H groups in total. The van der Waals surface area contributed by atoms with Crippen LogP contribution in [0.2, 0.25) is 0 Å². The van der Waals surface area contributed by atoms with Crippen molar-refractivity contribution in [2.75, 3.05) is 0 Å². The summed E-state index contributed by atoms with van der Waals surface area (Å²) in [7, 11) is 0. The summed E-state index contributed by atoms with van der Waals surface area (Å²) < 4.78 is 0. The van der Waals surface area contributed by atoms with Gasteiger partial charge in [0.2, 0.25) is 0 Å². The van der Waals surface area contributed by atoms with Crippen LogP contribution in [0.1, 0.15) is 41.6 Å². The first-order valence-corrected chi connectivity index (χ1v) is 6.41. The van der Waals surface area contributed by atoms with E-state index in [9.17, 15) is 4.79 Å². The van der Waals surface area contributed by atoms with Crippen molar-refractivity contribution in [2.24, 2.45) is 5.92 Å². The summed E-state index contributed by atoms with van der Waals surface area (Å²) in [5.74, 6) is 0.899. The van der Waals surface area contributed by atoms with Crippen molar-refractivity contribution < 1.29 is 4.79 Å². The fourth-order valence-corrected chi connectivity index (χ4v) is 3.36. The second-order valence-electron chi connectivity index (χ2n) is 5.52. The Balaban J connectivity index is 1.96. The number of carbonyl (C=O) groups is 1. The number of hydrogen-bond donors (Lipinski definition) is 1. The van der Waals surface area contributed by atoms with Crippen LogP contribution in [0.15, 0.2) is 24.4 Å². The lowest BCUT2D eigenvalue weighted by molar-refractivity contribution is 0.112. The molecule has 0 amide bonds. The molecule has 2 aliphatic carbocycles. The lowest BCUT2D eigenvalue weighted by Gasteiger charge is -2.15. The second-order valence-corrected chi connectivity index (χ2v) is 5.52. The Bertz CT molecular complexity index is 602. The van der Waals surface area contributed by atoms with E-state index in [0.717, 1.165) is 23.2 Å². The zero-order valence-electron chi connectivity index (χ0n) is 9.70. The topological polar surface area (TPSA) is 32.9 Å². The number of benzene rings is 1. The van der Waals surface area contributed by atoms with E-state index in [0.29, 0.717) is 5.41 Å². The van der Waals surface area contributed by atoms with Crippen molar-refractivity contribution in [3.63, 3.8) is 0 Å². The highest BCUT2D eigenvalue weighted by Crippen LogP contribution is 2.63. The molecule has 1 heterocycles. The number of fused-ring (bicyclic) bond motifs is 1. The van der Waals surface area contributed by atoms with Crippen LogP contribution >= 0.6 is 0 Å². The summed E-state index contributed by atoms with van der Waals surface area (Å²) in [4.78, 5) is 14.3. The van der Waals surface area contributed by atoms with Crippen LogP contribution in [0.25, 0.3) is 10.9 Å². The van der Waals surface area contributed by atoms with E-state index in [1.54, 1.807) is 0 Å². The largest absolute Gasteiger partial charge is 0.360 e. The molecule has 4 rings (SSSR count). The fourth-order valence-electron chi connectivity index (χ4n) is 3.36. The first-order valence-electron chi connectivity index (χ1n) is 6.41. The monoisotopic (exact) mass is 225 g/mol. The van der Waals surface area contributed by atoms with Gasteiger partial charge in [0.05, 0.1) is 0 Å². The van der Waals surface area contributed by atoms with Crippen molar-refractivity contribution in [3.05, 3.63) is 35.5 Å². The Morgan fingerprint density at radius 1 is 1.29 bits per heavy atom. The molecular formula is C15H15NO. The summed E-state index contributed by atoms with van der Waals surface area (Å²) in [5, 5.41) is 1.09. The van der Waals surface area contributed by atoms with Gasteiger partial charge in [-0.1, -0.05) is 18.2 Å². The molecule has 0 aliphatic heterocycles. The quantitative estimate of drug-likeness (QED) is 0.798. The van der Waals surface area contributed by atoms with Crippen LogP contribution in [0.5, 0.6) is 0 Å². The molecule has 2 fully saturated rings. The minimum atomic E-state index is 0.449. The standard InChI is InChI=1S/C15H15NO/c17-9-10-8-16-14-12(10)2-1-3-13(14)15(6-7-15)11-4-5-11/h1-3,8-9,11,16H,4-7H2. The van der Waals surface area contributed by atoms with Gasteiger partial charge >= 0.3 is 0 Å². The summed E-state index contributed by atoms with van der Waals surface area (Å²) in [6, 6.07) is 6.39. The van der Waals surface area contributed by atoms with E-state index in [1.165, 1.54) is 36.8 Å². The maximum Gasteiger partial charge on any atom is 0.152 e. The summed E-state index contributed by atoms with van der Waals surface area (Å²) in [6.07, 6.45) is 8.21. The number of carbonyl (C=O) groups excluding carboxylic acids is 1. The number of nitrogens with one attached hydrogen (secondary N) is 1. The van der Waals surface area contributed by atoms with Gasteiger partial charge in [-0.3, -0.25) is 4.79 Å². The lowest BCUT2D eigenvalue weighted by atomic mass is 9.89. The van der Waals surface area contributed by atoms with E-state index in [2.05, 4.69) is 17.1 Å². The minimum absolute atomic E-state index is 0.449. The van der Waals surface area contributed by atoms with E-state index >= 15 is 0 Å². The van der Waals surface area contributed by atoms with E-state index in [4.69, 9.17) is 0 Å². The third-order valence-corrected chi connectivity index (χ3v) is 4.56. The fraction of sp³-hybridized carbons (Fsp3) is 0.400. The third kappa shape index (κ3) is 1.18. The molecule has 2 saturated carbocycles. The van der Waals surface area contributed by atoms with Crippen LogP contribution in [0.3, 0.4) is 0 Å². The minimum Gasteiger partial charge on any atom is -0.360 e. The SMILES string of the molecule is O=Cc1c[nH]c2c(C3(C4CC4)CC3)cccc12. The van der Waals surface area contributed by atoms with E-state index in [-0.39, 0.29) is 0 Å². The van der Waals surface area contributed by atoms with Crippen molar-refractivity contribution in [1.29, 1.82) is 0 Å². The first-order chi connectivity index (χ1) is 8.35. The Kier molecular flexibility index (Phi) is 1.67. The van der Waals surface area contributed by atoms with Gasteiger partial charge in [0.1, 0.15) is 0 Å². The molecule has 86 valence electrons. The van der Waals surface area contributed by atoms with E-state index in [1.807, 2.05) is 12.3 Å². The van der Waals surface area contributed by atoms with Gasteiger partial charge in [-0.05, 0) is 37.2 Å². The maximum atomic E-state index is 11.0. The van der Waals surface area contributed by atoms with Crippen LogP contribution in [-0.4, -0.2) is 11.3 Å². The highest BCUT2D eigenvalue weighted by Gasteiger charge is 2.55. The second kappa shape index (κ2) is 3.00. The van der Waals surface area contributed by atoms with Gasteiger partial charge in [-0.2, -0.15) is 0 Å². The molecule has 2 nitrogen and oxygen atoms in total. The van der Waals surface area contributed by atoms with Crippen LogP contribution in [-0.2, 0) is 5.41 Å². The molecule has 17 heavy (non-hydrogen) atoms. The zero-order valence-corrected chi connectivity index (χ0v) is 9.70. The molecule has 2 aromatic rings. The number of aromatic amines is 1. The molecule has 1 aromatic carbocycles. The average Bonchev–Trinajstić information content (AvgIpc) is 3.22. The Labute approximate surface area is 100 Å². The Hall–Kier alpha value is -1.57. The van der Waals surface area contributed by atoms with Crippen molar-refractivity contribution >= 4 is 17.2 Å². The van der Waals surface area contributed by atoms with Gasteiger partial charge < -0.3 is 4.98 Å². The van der Waals surface area contributed by atoms with Crippen molar-refractivity contribution in [3.8, 4) is 0 Å². The molecule has 2 heteroatoms. The predicted octanol–water partition coefficient (Wildman–Crippen LogP) is 3.42. The number of H-pyrrole nitrogens is 1. The molecule has 0 unspecified atom stereocenters. The third-order valence-electron chi connectivity index (χ3n) is 4.56. The van der Waals surface area contributed by atoms with Crippen LogP contribution in [0, 0.1) is 5.92 Å². The summed E-state index contributed by atoms with van der Waals surface area (Å²) in [6.45, 7) is 0. The van der Waals surface area contributed by atoms with Gasteiger partial charge in [-0.15, -0.1) is 0 Å². The summed E-state index contributed by atoms with van der Waals surface area (Å²) in [5.41, 5.74) is 3.88. The predicted molar refractivity (Wildman–Crippen MR) is 67.3 cm³/mol. The Morgan fingerprint density at radius 3 is 2.76 bits per heavy atom. The highest BCUT2D eigenvalue weighted by molar-refractivity contribution is 5.99. The van der Waals surface area contributed by atoms with Gasteiger partial charge in [0, 0.05) is 28.1 Å². The summed E-state index contributed by atoms with van der Waals surface area (Å²) >= 11 is 0. The lowest BCUT2D eigenvalue weighted by Crippen LogP contribution is -2.09. The highest BCUT2D eigenvalue weighted by atomic mass is 16.1. The molecular weight excluding hydrogens is 210 g/mol. The smallest absolute Gasteiger partial charge is 0.152 e. The number of para-hydroxylation sites is 1. The van der Waals surface area contributed by atoms with Crippen LogP contribution < -0.4 is 0 Å². The number of hydrogen-bond acceptors (Lipinski definition) is 1. The number of rotatable bonds is 3. The zero-order chi connectivity index (χ0) is 11.5. The maximum absolute atomic E-state index is 11.0. The van der Waals surface area contributed by atoms with Gasteiger partial charge in [0.15, 0.2) is 6.29 Å². The normalized spacial score (nSPS) is 21.6. The molecule has 0 saturated heterocycles. The molecule has 2 aliphatic rings. The van der Waals surface area contributed by atoms with Crippen molar-refractivity contribution in [1.82, 2.24) is 4.98 Å². The van der Waals surface area contributed by atoms with Gasteiger partial charge in [0.25, 0.3) is 0 Å². The van der Waals surface area contributed by atoms with Gasteiger partial charge in [-0.25, -0.2) is 0 Å². The average molecular weight is 225 g/mol. The van der Waals surface area contributed by atoms with Crippen molar-refractivity contribution in [2.45, 2.75) is 31.1 Å². The number of aromatic nitrogens is 1. The van der Waals surface area contributed by atoms with E-state index < -0.39 is 0 Å². The molecule has 0 radical (unpaired) electrons. The molecule has 1 aromatic heterocycles. The first kappa shape index (κ1) is 9.46. The number of aldehydes is 1. The molecule has 0 atom stereocenters. The Morgan fingerprint density at radius 2 is 2.12 bits per heavy atom. The van der Waals surface area contributed by atoms with Crippen LogP contribution in [0.4, 0.5) is 0 Å². The molecule has 0 spiro atoms. The molecule has 0 bridgehead atoms.